The van der Waals surface area contributed by atoms with Crippen LogP contribution in [0.5, 0.6) is 0 Å². The summed E-state index contributed by atoms with van der Waals surface area (Å²) in [5.74, 6) is -1.06. The van der Waals surface area contributed by atoms with Gasteiger partial charge in [-0.2, -0.15) is 5.10 Å². The van der Waals surface area contributed by atoms with E-state index in [9.17, 15) is 14.4 Å². The van der Waals surface area contributed by atoms with Crippen molar-refractivity contribution in [2.75, 3.05) is 5.32 Å². The van der Waals surface area contributed by atoms with Gasteiger partial charge in [-0.3, -0.25) is 14.4 Å². The fourth-order valence-corrected chi connectivity index (χ4v) is 2.56. The van der Waals surface area contributed by atoms with Gasteiger partial charge in [0.25, 0.3) is 5.91 Å². The zero-order chi connectivity index (χ0) is 21.3. The monoisotopic (exact) mass is 404 g/mol. The van der Waals surface area contributed by atoms with Gasteiger partial charge in [0.15, 0.2) is 0 Å². The maximum Gasteiger partial charge on any atom is 0.313 e. The van der Waals surface area contributed by atoms with Gasteiger partial charge in [0.05, 0.1) is 12.8 Å². The zero-order valence-corrected chi connectivity index (χ0v) is 16.2. The van der Waals surface area contributed by atoms with E-state index in [1.165, 1.54) is 6.21 Å². The quantitative estimate of drug-likeness (QED) is 0.333. The largest absolute Gasteiger partial charge is 0.458 e. The molecule has 3 amide bonds. The highest BCUT2D eigenvalue weighted by Crippen LogP contribution is 2.08. The Balaban J connectivity index is 1.47. The molecule has 0 atom stereocenters. The van der Waals surface area contributed by atoms with Crippen LogP contribution in [0.3, 0.4) is 0 Å². The van der Waals surface area contributed by atoms with Gasteiger partial charge >= 0.3 is 11.8 Å². The molecule has 0 bridgehead atoms. The van der Waals surface area contributed by atoms with Crippen molar-refractivity contribution in [3.05, 3.63) is 89.4 Å². The number of para-hydroxylation sites is 1. The van der Waals surface area contributed by atoms with Gasteiger partial charge in [0, 0.05) is 11.3 Å². The van der Waals surface area contributed by atoms with Crippen LogP contribution >= 0.6 is 0 Å². The van der Waals surface area contributed by atoms with Gasteiger partial charge in [-0.1, -0.05) is 36.4 Å². The minimum absolute atomic E-state index is 0.0322. The first-order chi connectivity index (χ1) is 14.5. The highest BCUT2D eigenvalue weighted by atomic mass is 16.3. The molecule has 30 heavy (non-hydrogen) atoms. The second-order valence-electron chi connectivity index (χ2n) is 6.32. The number of hydrogen-bond donors (Lipinski definition) is 3. The highest BCUT2D eigenvalue weighted by Gasteiger charge is 2.14. The summed E-state index contributed by atoms with van der Waals surface area (Å²) in [6.07, 6.45) is 1.35. The van der Waals surface area contributed by atoms with Gasteiger partial charge in [-0.15, -0.1) is 0 Å². The van der Waals surface area contributed by atoms with Crippen LogP contribution in [0.2, 0.25) is 0 Å². The Morgan fingerprint density at radius 3 is 2.43 bits per heavy atom. The van der Waals surface area contributed by atoms with Gasteiger partial charge in [-0.05, 0) is 42.8 Å². The Kier molecular flexibility index (Phi) is 6.73. The molecule has 0 saturated carbocycles. The van der Waals surface area contributed by atoms with E-state index >= 15 is 0 Å². The number of carbonyl (C=O) groups is 3. The number of benzene rings is 2. The summed E-state index contributed by atoms with van der Waals surface area (Å²) in [7, 11) is 0. The van der Waals surface area contributed by atoms with Gasteiger partial charge in [0.2, 0.25) is 0 Å². The summed E-state index contributed by atoms with van der Waals surface area (Å²) in [4.78, 5) is 35.9. The van der Waals surface area contributed by atoms with Crippen molar-refractivity contribution in [1.82, 2.24) is 10.7 Å². The van der Waals surface area contributed by atoms with Crippen LogP contribution in [0.4, 0.5) is 5.69 Å². The summed E-state index contributed by atoms with van der Waals surface area (Å²) in [5, 5.41) is 8.84. The number of anilines is 1. The van der Waals surface area contributed by atoms with E-state index < -0.39 is 11.8 Å². The van der Waals surface area contributed by atoms with Gasteiger partial charge in [0.1, 0.15) is 11.5 Å². The van der Waals surface area contributed by atoms with Crippen LogP contribution in [0.1, 0.15) is 27.4 Å². The fraction of sp³-hybridized carbons (Fsp3) is 0.0909. The number of carbonyl (C=O) groups excluding carboxylic acids is 3. The third-order valence-corrected chi connectivity index (χ3v) is 4.09. The smallest absolute Gasteiger partial charge is 0.313 e. The maximum atomic E-state index is 12.1. The average molecular weight is 404 g/mol. The molecule has 0 unspecified atom stereocenters. The van der Waals surface area contributed by atoms with Crippen LogP contribution in [-0.4, -0.2) is 23.9 Å². The lowest BCUT2D eigenvalue weighted by molar-refractivity contribution is -0.136. The molecule has 8 heteroatoms. The van der Waals surface area contributed by atoms with E-state index in [0.29, 0.717) is 22.8 Å². The number of hydrazone groups is 1. The molecule has 0 spiro atoms. The van der Waals surface area contributed by atoms with Gasteiger partial charge < -0.3 is 15.1 Å². The molecule has 2 aromatic carbocycles. The first kappa shape index (κ1) is 20.5. The van der Waals surface area contributed by atoms with E-state index in [-0.39, 0.29) is 12.5 Å². The SMILES string of the molecule is Cc1ccccc1C(=O)NN=Cc1ccc(CNC(=O)C(=O)Nc2ccccc2)o1. The molecule has 0 aliphatic carbocycles. The Labute approximate surface area is 173 Å². The van der Waals surface area contributed by atoms with Crippen molar-refractivity contribution in [1.29, 1.82) is 0 Å². The molecule has 8 nitrogen and oxygen atoms in total. The predicted molar refractivity (Wildman–Crippen MR) is 112 cm³/mol. The van der Waals surface area contributed by atoms with Crippen LogP contribution < -0.4 is 16.1 Å². The summed E-state index contributed by atoms with van der Waals surface area (Å²) in [6.45, 7) is 1.87. The number of nitrogens with zero attached hydrogens (tertiary/aromatic N) is 1. The van der Waals surface area contributed by atoms with Crippen LogP contribution in [-0.2, 0) is 16.1 Å². The molecule has 0 radical (unpaired) electrons. The van der Waals surface area contributed by atoms with Crippen molar-refractivity contribution in [2.45, 2.75) is 13.5 Å². The Morgan fingerprint density at radius 2 is 1.67 bits per heavy atom. The summed E-state index contributed by atoms with van der Waals surface area (Å²) in [5.41, 5.74) is 4.34. The van der Waals surface area contributed by atoms with Crippen molar-refractivity contribution in [2.24, 2.45) is 5.10 Å². The van der Waals surface area contributed by atoms with E-state index in [0.717, 1.165) is 5.56 Å². The molecule has 1 heterocycles. The predicted octanol–water partition coefficient (Wildman–Crippen LogP) is 2.61. The topological polar surface area (TPSA) is 113 Å². The molecular weight excluding hydrogens is 384 g/mol. The molecular formula is C22H20N4O4. The van der Waals surface area contributed by atoms with E-state index in [1.807, 2.05) is 25.1 Å². The number of hydrogen-bond acceptors (Lipinski definition) is 5. The van der Waals surface area contributed by atoms with E-state index in [1.54, 1.807) is 48.5 Å². The van der Waals surface area contributed by atoms with Crippen LogP contribution in [0.15, 0.2) is 76.2 Å². The second kappa shape index (κ2) is 9.83. The van der Waals surface area contributed by atoms with E-state index in [2.05, 4.69) is 21.2 Å². The molecule has 0 fully saturated rings. The minimum Gasteiger partial charge on any atom is -0.458 e. The maximum absolute atomic E-state index is 12.1. The lowest BCUT2D eigenvalue weighted by Gasteiger charge is -2.05. The molecule has 0 aliphatic heterocycles. The second-order valence-corrected chi connectivity index (χ2v) is 6.32. The zero-order valence-electron chi connectivity index (χ0n) is 16.2. The highest BCUT2D eigenvalue weighted by molar-refractivity contribution is 6.39. The van der Waals surface area contributed by atoms with Crippen LogP contribution in [0.25, 0.3) is 0 Å². The van der Waals surface area contributed by atoms with E-state index in [4.69, 9.17) is 4.42 Å². The van der Waals surface area contributed by atoms with Crippen molar-refractivity contribution in [3.63, 3.8) is 0 Å². The Bertz CT molecular complexity index is 1070. The molecule has 3 N–H and O–H groups in total. The van der Waals surface area contributed by atoms with Crippen molar-refractivity contribution >= 4 is 29.6 Å². The lowest BCUT2D eigenvalue weighted by Crippen LogP contribution is -2.34. The summed E-state index contributed by atoms with van der Waals surface area (Å²) in [6, 6.07) is 19.1. The molecule has 1 aromatic heterocycles. The summed E-state index contributed by atoms with van der Waals surface area (Å²) >= 11 is 0. The third kappa shape index (κ3) is 5.65. The molecule has 152 valence electrons. The fourth-order valence-electron chi connectivity index (χ4n) is 2.56. The molecule has 0 aliphatic rings. The van der Waals surface area contributed by atoms with Crippen molar-refractivity contribution in [3.8, 4) is 0 Å². The number of nitrogens with one attached hydrogen (secondary N) is 3. The first-order valence-corrected chi connectivity index (χ1v) is 9.15. The number of aryl methyl sites for hydroxylation is 1. The molecule has 3 aromatic rings. The molecule has 3 rings (SSSR count). The Hall–Kier alpha value is -4.20. The number of amides is 3. The normalized spacial score (nSPS) is 10.6. The number of furan rings is 1. The average Bonchev–Trinajstić information content (AvgIpc) is 3.20. The lowest BCUT2D eigenvalue weighted by atomic mass is 10.1. The standard InChI is InChI=1S/C22H20N4O4/c1-15-7-5-6-10-19(15)20(27)26-24-14-18-12-11-17(30-18)13-23-21(28)22(29)25-16-8-3-2-4-9-16/h2-12,14H,13H2,1H3,(H,23,28)(H,25,29)(H,26,27). The minimum atomic E-state index is -0.782. The third-order valence-electron chi connectivity index (χ3n) is 4.09. The van der Waals surface area contributed by atoms with Crippen LogP contribution in [0, 0.1) is 6.92 Å². The summed E-state index contributed by atoms with van der Waals surface area (Å²) < 4.78 is 5.50. The van der Waals surface area contributed by atoms with Gasteiger partial charge in [-0.25, -0.2) is 5.43 Å². The number of rotatable bonds is 6. The molecule has 0 saturated heterocycles. The Morgan fingerprint density at radius 1 is 0.933 bits per heavy atom. The first-order valence-electron chi connectivity index (χ1n) is 9.15. The van der Waals surface area contributed by atoms with Crippen molar-refractivity contribution < 1.29 is 18.8 Å².